The van der Waals surface area contributed by atoms with E-state index in [1.807, 2.05) is 0 Å². The number of nitrogens with zero attached hydrogens (tertiary/aromatic N) is 3. The second-order valence-electron chi connectivity index (χ2n) is 7.74. The molecule has 33 heavy (non-hydrogen) atoms. The number of nitrogens with one attached hydrogen (secondary N) is 2. The maximum absolute atomic E-state index is 14.5. The van der Waals surface area contributed by atoms with E-state index < -0.39 is 17.5 Å². The summed E-state index contributed by atoms with van der Waals surface area (Å²) < 4.78 is 35.7. The number of amides is 2. The van der Waals surface area contributed by atoms with Crippen molar-refractivity contribution >= 4 is 23.3 Å². The number of morpholine rings is 1. The second-order valence-corrected chi connectivity index (χ2v) is 7.74. The number of carbonyl (C=O) groups excluding carboxylic acids is 2. The van der Waals surface area contributed by atoms with Crippen LogP contribution in [-0.2, 0) is 11.3 Å². The maximum Gasteiger partial charge on any atom is 0.271 e. The Labute approximate surface area is 188 Å². The highest BCUT2D eigenvalue weighted by molar-refractivity contribution is 6.00. The number of halogens is 2. The van der Waals surface area contributed by atoms with E-state index >= 15 is 0 Å². The predicted molar refractivity (Wildman–Crippen MR) is 116 cm³/mol. The molecule has 2 amide bonds. The molecule has 2 aromatic carbocycles. The second kappa shape index (κ2) is 8.62. The summed E-state index contributed by atoms with van der Waals surface area (Å²) in [5.74, 6) is -1.77. The van der Waals surface area contributed by atoms with Crippen LogP contribution in [0.1, 0.15) is 20.8 Å². The van der Waals surface area contributed by atoms with Crippen molar-refractivity contribution in [3.05, 3.63) is 65.4 Å². The van der Waals surface area contributed by atoms with Crippen molar-refractivity contribution in [2.75, 3.05) is 38.2 Å². The number of fused-ring (bicyclic) bond motifs is 1. The van der Waals surface area contributed by atoms with Crippen LogP contribution in [0.5, 0.6) is 0 Å². The van der Waals surface area contributed by atoms with Crippen LogP contribution in [0.25, 0.3) is 11.4 Å². The average Bonchev–Trinajstić information content (AvgIpc) is 3.19. The summed E-state index contributed by atoms with van der Waals surface area (Å²) in [5.41, 5.74) is 1.01. The quantitative estimate of drug-likeness (QED) is 0.634. The Morgan fingerprint density at radius 2 is 1.73 bits per heavy atom. The van der Waals surface area contributed by atoms with E-state index in [0.29, 0.717) is 50.6 Å². The molecule has 0 saturated carbocycles. The SMILES string of the molecule is O=C1NCCn2c(-c3c(F)cccc3F)nc(Nc3ccc(C(=O)N4CCOCC4)cc3)c21. The van der Waals surface area contributed by atoms with E-state index in [0.717, 1.165) is 12.1 Å². The van der Waals surface area contributed by atoms with Crippen LogP contribution in [0, 0.1) is 11.6 Å². The lowest BCUT2D eigenvalue weighted by Crippen LogP contribution is -2.40. The monoisotopic (exact) mass is 453 g/mol. The molecule has 0 bridgehead atoms. The van der Waals surface area contributed by atoms with Crippen molar-refractivity contribution in [1.82, 2.24) is 19.8 Å². The molecule has 2 aliphatic heterocycles. The lowest BCUT2D eigenvalue weighted by Gasteiger charge is -2.26. The number of anilines is 2. The highest BCUT2D eigenvalue weighted by atomic mass is 19.1. The van der Waals surface area contributed by atoms with Crippen molar-refractivity contribution in [3.63, 3.8) is 0 Å². The summed E-state index contributed by atoms with van der Waals surface area (Å²) in [7, 11) is 0. The van der Waals surface area contributed by atoms with Crippen LogP contribution in [0.15, 0.2) is 42.5 Å². The molecule has 3 heterocycles. The molecular formula is C23H21F2N5O3. The van der Waals surface area contributed by atoms with Gasteiger partial charge in [-0.1, -0.05) is 6.07 Å². The highest BCUT2D eigenvalue weighted by Gasteiger charge is 2.29. The van der Waals surface area contributed by atoms with E-state index in [4.69, 9.17) is 4.74 Å². The van der Waals surface area contributed by atoms with Gasteiger partial charge in [-0.05, 0) is 36.4 Å². The van der Waals surface area contributed by atoms with E-state index in [1.54, 1.807) is 29.2 Å². The first kappa shape index (κ1) is 21.1. The number of ether oxygens (including phenoxy) is 1. The van der Waals surface area contributed by atoms with Crippen molar-refractivity contribution in [2.45, 2.75) is 6.54 Å². The van der Waals surface area contributed by atoms with Crippen LogP contribution in [-0.4, -0.2) is 59.1 Å². The Morgan fingerprint density at radius 1 is 1.03 bits per heavy atom. The minimum atomic E-state index is -0.758. The fourth-order valence-electron chi connectivity index (χ4n) is 4.04. The van der Waals surface area contributed by atoms with Gasteiger partial charge in [-0.2, -0.15) is 0 Å². The third-order valence-electron chi connectivity index (χ3n) is 5.68. The van der Waals surface area contributed by atoms with Gasteiger partial charge >= 0.3 is 0 Å². The van der Waals surface area contributed by atoms with Gasteiger partial charge in [-0.3, -0.25) is 9.59 Å². The molecule has 1 saturated heterocycles. The first-order valence-corrected chi connectivity index (χ1v) is 10.6. The van der Waals surface area contributed by atoms with Gasteiger partial charge in [0.25, 0.3) is 11.8 Å². The Hall–Kier alpha value is -3.79. The van der Waals surface area contributed by atoms with Crippen molar-refractivity contribution in [1.29, 1.82) is 0 Å². The number of benzene rings is 2. The smallest absolute Gasteiger partial charge is 0.271 e. The van der Waals surface area contributed by atoms with Gasteiger partial charge in [0.15, 0.2) is 11.5 Å². The average molecular weight is 453 g/mol. The molecule has 2 N–H and O–H groups in total. The Bertz CT molecular complexity index is 1200. The van der Waals surface area contributed by atoms with E-state index in [9.17, 15) is 18.4 Å². The Morgan fingerprint density at radius 3 is 2.42 bits per heavy atom. The molecule has 0 spiro atoms. The number of hydrogen-bond donors (Lipinski definition) is 2. The molecule has 170 valence electrons. The fourth-order valence-corrected chi connectivity index (χ4v) is 4.04. The van der Waals surface area contributed by atoms with E-state index in [-0.39, 0.29) is 28.8 Å². The normalized spacial score (nSPS) is 15.7. The number of hydrogen-bond acceptors (Lipinski definition) is 5. The maximum atomic E-state index is 14.5. The molecule has 8 nitrogen and oxygen atoms in total. The fraction of sp³-hybridized carbons (Fsp3) is 0.261. The zero-order valence-corrected chi connectivity index (χ0v) is 17.6. The number of aromatic nitrogens is 2. The van der Waals surface area contributed by atoms with Crippen LogP contribution in [0.4, 0.5) is 20.3 Å². The summed E-state index contributed by atoms with van der Waals surface area (Å²) in [6.45, 7) is 2.77. The molecular weight excluding hydrogens is 432 g/mol. The first-order chi connectivity index (χ1) is 16.0. The summed E-state index contributed by atoms with van der Waals surface area (Å²) in [6, 6.07) is 10.3. The van der Waals surface area contributed by atoms with Gasteiger partial charge in [-0.15, -0.1) is 0 Å². The predicted octanol–water partition coefficient (Wildman–Crippen LogP) is 2.79. The minimum Gasteiger partial charge on any atom is -0.378 e. The Kier molecular flexibility index (Phi) is 5.51. The molecule has 0 atom stereocenters. The molecule has 0 aliphatic carbocycles. The van der Waals surface area contributed by atoms with Gasteiger partial charge in [0.1, 0.15) is 17.5 Å². The van der Waals surface area contributed by atoms with Crippen molar-refractivity contribution in [2.24, 2.45) is 0 Å². The molecule has 1 fully saturated rings. The summed E-state index contributed by atoms with van der Waals surface area (Å²) >= 11 is 0. The number of imidazole rings is 1. The zero-order valence-electron chi connectivity index (χ0n) is 17.6. The third kappa shape index (κ3) is 3.93. The summed E-state index contributed by atoms with van der Waals surface area (Å²) in [5, 5.41) is 5.79. The molecule has 10 heteroatoms. The minimum absolute atomic E-state index is 0.0389. The largest absolute Gasteiger partial charge is 0.378 e. The molecule has 0 radical (unpaired) electrons. The zero-order chi connectivity index (χ0) is 22.9. The topological polar surface area (TPSA) is 88.5 Å². The van der Waals surface area contributed by atoms with Crippen LogP contribution >= 0.6 is 0 Å². The van der Waals surface area contributed by atoms with Crippen molar-refractivity contribution in [3.8, 4) is 11.4 Å². The van der Waals surface area contributed by atoms with Gasteiger partial charge in [0.2, 0.25) is 0 Å². The lowest BCUT2D eigenvalue weighted by molar-refractivity contribution is 0.0303. The van der Waals surface area contributed by atoms with Gasteiger partial charge in [0, 0.05) is 37.4 Å². The molecule has 3 aromatic rings. The first-order valence-electron chi connectivity index (χ1n) is 10.6. The highest BCUT2D eigenvalue weighted by Crippen LogP contribution is 2.32. The van der Waals surface area contributed by atoms with Gasteiger partial charge < -0.3 is 24.8 Å². The van der Waals surface area contributed by atoms with Crippen LogP contribution < -0.4 is 10.6 Å². The Balaban J connectivity index is 1.46. The lowest BCUT2D eigenvalue weighted by atomic mass is 10.1. The van der Waals surface area contributed by atoms with Gasteiger partial charge in [-0.25, -0.2) is 13.8 Å². The summed E-state index contributed by atoms with van der Waals surface area (Å²) in [6.07, 6.45) is 0. The number of rotatable bonds is 4. The molecule has 0 unspecified atom stereocenters. The standard InChI is InChI=1S/C23H21F2N5O3/c24-16-2-1-3-17(25)18(16)21-28-20(19-22(31)26-8-9-30(19)21)27-15-6-4-14(5-7-15)23(32)29-10-12-33-13-11-29/h1-7,27H,8-13H2,(H,26,31). The molecule has 1 aromatic heterocycles. The van der Waals surface area contributed by atoms with Crippen molar-refractivity contribution < 1.29 is 23.1 Å². The van der Waals surface area contributed by atoms with E-state index in [1.165, 1.54) is 10.6 Å². The van der Waals surface area contributed by atoms with E-state index in [2.05, 4.69) is 15.6 Å². The number of carbonyl (C=O) groups is 2. The van der Waals surface area contributed by atoms with Crippen LogP contribution in [0.2, 0.25) is 0 Å². The third-order valence-corrected chi connectivity index (χ3v) is 5.68. The van der Waals surface area contributed by atoms with Gasteiger partial charge in [0.05, 0.1) is 18.8 Å². The molecule has 2 aliphatic rings. The van der Waals surface area contributed by atoms with Crippen LogP contribution in [0.3, 0.4) is 0 Å². The summed E-state index contributed by atoms with van der Waals surface area (Å²) in [4.78, 5) is 31.3. The molecule has 5 rings (SSSR count).